The van der Waals surface area contributed by atoms with Gasteiger partial charge >= 0.3 is 0 Å². The molecule has 0 amide bonds. The lowest BCUT2D eigenvalue weighted by Crippen LogP contribution is -2.05. The van der Waals surface area contributed by atoms with Crippen molar-refractivity contribution in [1.82, 2.24) is 5.32 Å². The number of hydrogen-bond acceptors (Lipinski definition) is 2. The van der Waals surface area contributed by atoms with E-state index in [9.17, 15) is 0 Å². The lowest BCUT2D eigenvalue weighted by molar-refractivity contribution is 0.302. The molecule has 1 N–H and O–H groups in total. The monoisotopic (exact) mass is 341 g/mol. The van der Waals surface area contributed by atoms with E-state index in [0.717, 1.165) is 29.8 Å². The zero-order valence-corrected chi connectivity index (χ0v) is 14.5. The highest BCUT2D eigenvalue weighted by molar-refractivity contribution is 9.10. The Balaban J connectivity index is 2.15. The molecule has 2 nitrogen and oxygen atoms in total. The van der Waals surface area contributed by atoms with Gasteiger partial charge in [0, 0.05) is 6.54 Å². The van der Waals surface area contributed by atoms with E-state index in [4.69, 9.17) is 4.74 Å². The van der Waals surface area contributed by atoms with Gasteiger partial charge in [-0.25, -0.2) is 0 Å². The molecule has 114 valence electrons. The summed E-state index contributed by atoms with van der Waals surface area (Å²) in [6, 6.07) is 6.29. The number of halogens is 1. The van der Waals surface area contributed by atoms with Gasteiger partial charge in [0.2, 0.25) is 0 Å². The summed E-state index contributed by atoms with van der Waals surface area (Å²) in [7, 11) is 1.96. The van der Waals surface area contributed by atoms with Gasteiger partial charge in [0.05, 0.1) is 11.1 Å². The molecular formula is C17H28BrNO. The molecule has 0 aromatic heterocycles. The maximum atomic E-state index is 5.83. The van der Waals surface area contributed by atoms with Gasteiger partial charge in [0.25, 0.3) is 0 Å². The predicted octanol–water partition coefficient (Wildman–Crippen LogP) is 5.30. The molecule has 0 heterocycles. The van der Waals surface area contributed by atoms with Gasteiger partial charge in [-0.3, -0.25) is 0 Å². The zero-order chi connectivity index (χ0) is 14.6. The van der Waals surface area contributed by atoms with E-state index in [0.29, 0.717) is 0 Å². The summed E-state index contributed by atoms with van der Waals surface area (Å²) in [4.78, 5) is 0. The van der Waals surface area contributed by atoms with Crippen LogP contribution in [0.25, 0.3) is 0 Å². The average Bonchev–Trinajstić information content (AvgIpc) is 2.44. The fourth-order valence-electron chi connectivity index (χ4n) is 2.22. The molecule has 0 saturated carbocycles. The molecule has 0 aliphatic carbocycles. The van der Waals surface area contributed by atoms with Crippen molar-refractivity contribution in [3.05, 3.63) is 28.2 Å². The minimum absolute atomic E-state index is 0.817. The van der Waals surface area contributed by atoms with Crippen LogP contribution in [0.4, 0.5) is 0 Å². The quantitative estimate of drug-likeness (QED) is 0.551. The molecule has 0 radical (unpaired) electrons. The molecule has 0 fully saturated rings. The molecule has 0 aliphatic heterocycles. The summed E-state index contributed by atoms with van der Waals surface area (Å²) < 4.78 is 6.88. The van der Waals surface area contributed by atoms with Gasteiger partial charge in [-0.05, 0) is 47.1 Å². The van der Waals surface area contributed by atoms with E-state index >= 15 is 0 Å². The summed E-state index contributed by atoms with van der Waals surface area (Å²) in [5, 5.41) is 3.15. The summed E-state index contributed by atoms with van der Waals surface area (Å²) in [6.07, 6.45) is 9.22. The van der Waals surface area contributed by atoms with E-state index in [1.165, 1.54) is 44.1 Å². The van der Waals surface area contributed by atoms with Crippen LogP contribution in [0.1, 0.15) is 57.4 Å². The van der Waals surface area contributed by atoms with Gasteiger partial charge in [-0.2, -0.15) is 0 Å². The van der Waals surface area contributed by atoms with Crippen LogP contribution >= 0.6 is 15.9 Å². The molecule has 3 heteroatoms. The summed E-state index contributed by atoms with van der Waals surface area (Å²) >= 11 is 3.58. The van der Waals surface area contributed by atoms with Crippen molar-refractivity contribution in [3.63, 3.8) is 0 Å². The summed E-state index contributed by atoms with van der Waals surface area (Å²) in [6.45, 7) is 3.96. The third-order valence-corrected chi connectivity index (χ3v) is 4.00. The largest absolute Gasteiger partial charge is 0.492 e. The number of hydrogen-bond donors (Lipinski definition) is 1. The van der Waals surface area contributed by atoms with Gasteiger partial charge in [-0.15, -0.1) is 0 Å². The predicted molar refractivity (Wildman–Crippen MR) is 90.4 cm³/mol. The van der Waals surface area contributed by atoms with Crippen LogP contribution in [-0.4, -0.2) is 13.7 Å². The molecule has 0 unspecified atom stereocenters. The first-order valence-electron chi connectivity index (χ1n) is 7.83. The average molecular weight is 342 g/mol. The minimum atomic E-state index is 0.817. The molecule has 1 aromatic rings. The summed E-state index contributed by atoms with van der Waals surface area (Å²) in [5.41, 5.74) is 1.27. The van der Waals surface area contributed by atoms with Crippen LogP contribution < -0.4 is 10.1 Å². The van der Waals surface area contributed by atoms with Crippen LogP contribution in [0.2, 0.25) is 0 Å². The van der Waals surface area contributed by atoms with Crippen molar-refractivity contribution in [3.8, 4) is 5.75 Å². The number of unbranched alkanes of at least 4 members (excludes halogenated alkanes) is 6. The first-order valence-corrected chi connectivity index (χ1v) is 8.63. The van der Waals surface area contributed by atoms with Crippen LogP contribution in [0.15, 0.2) is 22.7 Å². The topological polar surface area (TPSA) is 21.3 Å². The van der Waals surface area contributed by atoms with Gasteiger partial charge in [0.1, 0.15) is 5.75 Å². The maximum Gasteiger partial charge on any atom is 0.133 e. The maximum absolute atomic E-state index is 5.83. The second-order valence-electron chi connectivity index (χ2n) is 5.26. The second kappa shape index (κ2) is 11.2. The van der Waals surface area contributed by atoms with Crippen molar-refractivity contribution in [1.29, 1.82) is 0 Å². The number of ether oxygens (including phenoxy) is 1. The Morgan fingerprint density at radius 1 is 1.05 bits per heavy atom. The first-order chi connectivity index (χ1) is 9.77. The molecule has 0 aliphatic rings. The zero-order valence-electron chi connectivity index (χ0n) is 12.9. The molecule has 0 saturated heterocycles. The van der Waals surface area contributed by atoms with Crippen molar-refractivity contribution < 1.29 is 4.74 Å². The Morgan fingerprint density at radius 3 is 2.40 bits per heavy atom. The standard InChI is InChI=1S/C17H28BrNO/c1-3-4-5-6-7-8-9-12-20-17-11-10-15(14-19-2)13-16(17)18/h10-11,13,19H,3-9,12,14H2,1-2H3. The SMILES string of the molecule is CCCCCCCCCOc1ccc(CNC)cc1Br. The van der Waals surface area contributed by atoms with Crippen LogP contribution in [0, 0.1) is 0 Å². The van der Waals surface area contributed by atoms with Crippen molar-refractivity contribution >= 4 is 15.9 Å². The van der Waals surface area contributed by atoms with Crippen molar-refractivity contribution in [2.24, 2.45) is 0 Å². The van der Waals surface area contributed by atoms with Gasteiger partial charge < -0.3 is 10.1 Å². The summed E-state index contributed by atoms with van der Waals surface area (Å²) in [5.74, 6) is 0.954. The number of nitrogens with one attached hydrogen (secondary N) is 1. The molecule has 0 bridgehead atoms. The Bertz CT molecular complexity index is 368. The molecule has 0 atom stereocenters. The number of rotatable bonds is 11. The van der Waals surface area contributed by atoms with Crippen molar-refractivity contribution in [2.45, 2.75) is 58.4 Å². The van der Waals surface area contributed by atoms with Crippen LogP contribution in [0.3, 0.4) is 0 Å². The molecule has 1 aromatic carbocycles. The third-order valence-electron chi connectivity index (χ3n) is 3.38. The Labute approximate surface area is 132 Å². The lowest BCUT2D eigenvalue weighted by Gasteiger charge is -2.09. The lowest BCUT2D eigenvalue weighted by atomic mass is 10.1. The molecule has 0 spiro atoms. The normalized spacial score (nSPS) is 10.8. The first kappa shape index (κ1) is 17.5. The molecular weight excluding hydrogens is 314 g/mol. The van der Waals surface area contributed by atoms with Crippen molar-refractivity contribution in [2.75, 3.05) is 13.7 Å². The Morgan fingerprint density at radius 2 is 1.75 bits per heavy atom. The van der Waals surface area contributed by atoms with E-state index in [2.05, 4.69) is 46.4 Å². The van der Waals surface area contributed by atoms with E-state index in [1.807, 2.05) is 7.05 Å². The van der Waals surface area contributed by atoms with E-state index < -0.39 is 0 Å². The van der Waals surface area contributed by atoms with E-state index in [1.54, 1.807) is 0 Å². The Hall–Kier alpha value is -0.540. The van der Waals surface area contributed by atoms with Gasteiger partial charge in [0.15, 0.2) is 0 Å². The van der Waals surface area contributed by atoms with E-state index in [-0.39, 0.29) is 0 Å². The fourth-order valence-corrected chi connectivity index (χ4v) is 2.76. The number of benzene rings is 1. The smallest absolute Gasteiger partial charge is 0.133 e. The molecule has 1 rings (SSSR count). The minimum Gasteiger partial charge on any atom is -0.492 e. The fraction of sp³-hybridized carbons (Fsp3) is 0.647. The Kier molecular flexibility index (Phi) is 9.77. The highest BCUT2D eigenvalue weighted by atomic mass is 79.9. The molecule has 20 heavy (non-hydrogen) atoms. The van der Waals surface area contributed by atoms with Gasteiger partial charge in [-0.1, -0.05) is 51.5 Å². The van der Waals surface area contributed by atoms with Crippen LogP contribution in [0.5, 0.6) is 5.75 Å². The highest BCUT2D eigenvalue weighted by Crippen LogP contribution is 2.26. The second-order valence-corrected chi connectivity index (χ2v) is 6.12. The highest BCUT2D eigenvalue weighted by Gasteiger charge is 2.02. The third kappa shape index (κ3) is 7.30. The van der Waals surface area contributed by atoms with Crippen LogP contribution in [-0.2, 0) is 6.54 Å².